The van der Waals surface area contributed by atoms with E-state index in [1.165, 1.54) is 18.2 Å². The molecule has 0 unspecified atom stereocenters. The molecule has 0 N–H and O–H groups in total. The van der Waals surface area contributed by atoms with Crippen molar-refractivity contribution in [2.75, 3.05) is 0 Å². The Morgan fingerprint density at radius 2 is 2.31 bits per heavy atom. The zero-order chi connectivity index (χ0) is 9.84. The lowest BCUT2D eigenvalue weighted by molar-refractivity contribution is 0.565. The van der Waals surface area contributed by atoms with Crippen LogP contribution in [0.15, 0.2) is 21.6 Å². The third-order valence-electron chi connectivity index (χ3n) is 1.65. The molecule has 0 atom stereocenters. The van der Waals surface area contributed by atoms with Crippen LogP contribution in [0, 0.1) is 5.82 Å². The van der Waals surface area contributed by atoms with E-state index in [-0.39, 0.29) is 5.82 Å². The van der Waals surface area contributed by atoms with Crippen LogP contribution in [-0.4, -0.2) is 6.08 Å². The van der Waals surface area contributed by atoms with Gasteiger partial charge in [0.2, 0.25) is 6.08 Å². The minimum atomic E-state index is -0.339. The Kier molecular flexibility index (Phi) is 3.34. The Bertz CT molecular complexity index is 372. The van der Waals surface area contributed by atoms with Crippen molar-refractivity contribution >= 4 is 27.7 Å². The van der Waals surface area contributed by atoms with Gasteiger partial charge in [-0.15, -0.1) is 0 Å². The Hall–Kier alpha value is -0.990. The lowest BCUT2D eigenvalue weighted by atomic mass is 10.1. The highest BCUT2D eigenvalue weighted by Crippen LogP contribution is 2.30. The average molecular weight is 244 g/mol. The fraction of sp³-hybridized carbons (Fsp3) is 0.222. The molecule has 4 heteroatoms. The first-order valence-electron chi connectivity index (χ1n) is 3.74. The van der Waals surface area contributed by atoms with Crippen LogP contribution in [0.5, 0.6) is 0 Å². The van der Waals surface area contributed by atoms with E-state index in [0.717, 1.165) is 0 Å². The number of hydrogen-bond donors (Lipinski definition) is 0. The van der Waals surface area contributed by atoms with Crippen LogP contribution < -0.4 is 0 Å². The predicted molar refractivity (Wildman–Crippen MR) is 51.3 cm³/mol. The van der Waals surface area contributed by atoms with Gasteiger partial charge in [0.25, 0.3) is 0 Å². The minimum absolute atomic E-state index is 0.339. The Balaban J connectivity index is 3.37. The first kappa shape index (κ1) is 10.1. The van der Waals surface area contributed by atoms with Crippen molar-refractivity contribution in [2.24, 2.45) is 4.99 Å². The van der Waals surface area contributed by atoms with Crippen molar-refractivity contribution in [3.63, 3.8) is 0 Å². The second-order valence-corrected chi connectivity index (χ2v) is 3.31. The van der Waals surface area contributed by atoms with Crippen molar-refractivity contribution in [2.45, 2.75) is 13.3 Å². The molecule has 1 rings (SSSR count). The number of hydrogen-bond acceptors (Lipinski definition) is 2. The molecule has 0 spiro atoms. The van der Waals surface area contributed by atoms with Gasteiger partial charge in [-0.1, -0.05) is 6.92 Å². The number of carbonyl (C=O) groups excluding carboxylic acids is 1. The minimum Gasteiger partial charge on any atom is -0.211 e. The topological polar surface area (TPSA) is 29.4 Å². The van der Waals surface area contributed by atoms with Crippen molar-refractivity contribution in [3.05, 3.63) is 28.0 Å². The molecule has 0 radical (unpaired) electrons. The summed E-state index contributed by atoms with van der Waals surface area (Å²) in [6, 6.07) is 2.64. The van der Waals surface area contributed by atoms with Gasteiger partial charge in [-0.3, -0.25) is 0 Å². The van der Waals surface area contributed by atoms with Gasteiger partial charge >= 0.3 is 0 Å². The summed E-state index contributed by atoms with van der Waals surface area (Å²) in [7, 11) is 0. The molecular weight excluding hydrogens is 237 g/mol. The van der Waals surface area contributed by atoms with E-state index >= 15 is 0 Å². The summed E-state index contributed by atoms with van der Waals surface area (Å²) in [4.78, 5) is 13.6. The van der Waals surface area contributed by atoms with E-state index < -0.39 is 0 Å². The molecule has 0 aliphatic heterocycles. The lowest BCUT2D eigenvalue weighted by Crippen LogP contribution is -1.85. The Morgan fingerprint density at radius 1 is 1.62 bits per heavy atom. The van der Waals surface area contributed by atoms with Gasteiger partial charge in [-0.25, -0.2) is 9.18 Å². The van der Waals surface area contributed by atoms with E-state index in [4.69, 9.17) is 0 Å². The first-order valence-corrected chi connectivity index (χ1v) is 4.54. The molecule has 13 heavy (non-hydrogen) atoms. The monoisotopic (exact) mass is 243 g/mol. The van der Waals surface area contributed by atoms with E-state index in [1.807, 2.05) is 6.92 Å². The highest BCUT2D eigenvalue weighted by Gasteiger charge is 2.06. The number of nitrogens with zero attached hydrogens (tertiary/aromatic N) is 1. The van der Waals surface area contributed by atoms with Gasteiger partial charge in [-0.2, -0.15) is 4.99 Å². The predicted octanol–water partition coefficient (Wildman–Crippen LogP) is 3.12. The fourth-order valence-corrected chi connectivity index (χ4v) is 1.62. The quantitative estimate of drug-likeness (QED) is 0.580. The number of aliphatic imine (C=N–C) groups is 1. The van der Waals surface area contributed by atoms with Gasteiger partial charge < -0.3 is 0 Å². The van der Waals surface area contributed by atoms with Gasteiger partial charge in [-0.05, 0) is 40.0 Å². The normalized spacial score (nSPS) is 9.46. The van der Waals surface area contributed by atoms with Gasteiger partial charge in [0.15, 0.2) is 0 Å². The zero-order valence-corrected chi connectivity index (χ0v) is 8.56. The molecule has 0 aliphatic rings. The van der Waals surface area contributed by atoms with E-state index in [2.05, 4.69) is 20.9 Å². The lowest BCUT2D eigenvalue weighted by Gasteiger charge is -2.03. The van der Waals surface area contributed by atoms with Gasteiger partial charge in [0.05, 0.1) is 5.69 Å². The summed E-state index contributed by atoms with van der Waals surface area (Å²) < 4.78 is 13.3. The molecule has 0 saturated carbocycles. The molecule has 0 heterocycles. The molecule has 0 saturated heterocycles. The van der Waals surface area contributed by atoms with Crippen LogP contribution in [0.4, 0.5) is 10.1 Å². The maximum atomic E-state index is 12.9. The highest BCUT2D eigenvalue weighted by molar-refractivity contribution is 9.10. The Morgan fingerprint density at radius 3 is 2.85 bits per heavy atom. The van der Waals surface area contributed by atoms with Crippen LogP contribution in [0.1, 0.15) is 12.5 Å². The molecule has 2 nitrogen and oxygen atoms in total. The van der Waals surface area contributed by atoms with Crippen LogP contribution in [0.25, 0.3) is 0 Å². The highest BCUT2D eigenvalue weighted by atomic mass is 79.9. The van der Waals surface area contributed by atoms with Crippen LogP contribution in [0.3, 0.4) is 0 Å². The number of rotatable bonds is 2. The van der Waals surface area contributed by atoms with E-state index in [0.29, 0.717) is 22.1 Å². The summed E-state index contributed by atoms with van der Waals surface area (Å²) in [5.41, 5.74) is 1.15. The molecule has 0 aromatic heterocycles. The van der Waals surface area contributed by atoms with Gasteiger partial charge in [0.1, 0.15) is 5.82 Å². The molecule has 1 aromatic rings. The molecular formula is C9H7BrFNO. The summed E-state index contributed by atoms with van der Waals surface area (Å²) >= 11 is 3.13. The van der Waals surface area contributed by atoms with Crippen LogP contribution in [0.2, 0.25) is 0 Å². The van der Waals surface area contributed by atoms with Crippen molar-refractivity contribution < 1.29 is 9.18 Å². The third-order valence-corrected chi connectivity index (χ3v) is 2.25. The summed E-state index contributed by atoms with van der Waals surface area (Å²) in [5, 5.41) is 0. The summed E-state index contributed by atoms with van der Waals surface area (Å²) in [5.74, 6) is -0.339. The average Bonchev–Trinajstić information content (AvgIpc) is 2.09. The smallest absolute Gasteiger partial charge is 0.211 e. The summed E-state index contributed by atoms with van der Waals surface area (Å²) in [6.07, 6.45) is 2.06. The van der Waals surface area contributed by atoms with Crippen molar-refractivity contribution in [1.29, 1.82) is 0 Å². The maximum Gasteiger partial charge on any atom is 0.240 e. The molecule has 68 valence electrons. The van der Waals surface area contributed by atoms with E-state index in [1.54, 1.807) is 0 Å². The third kappa shape index (κ3) is 2.23. The van der Waals surface area contributed by atoms with Crippen molar-refractivity contribution in [3.8, 4) is 0 Å². The zero-order valence-electron chi connectivity index (χ0n) is 6.97. The molecule has 1 aromatic carbocycles. The maximum absolute atomic E-state index is 12.9. The fourth-order valence-electron chi connectivity index (χ4n) is 1.06. The SMILES string of the molecule is CCc1cc(F)cc(Br)c1N=C=O. The molecule has 0 bridgehead atoms. The largest absolute Gasteiger partial charge is 0.240 e. The van der Waals surface area contributed by atoms with Crippen molar-refractivity contribution in [1.82, 2.24) is 0 Å². The molecule has 0 amide bonds. The number of halogens is 2. The molecule has 0 aliphatic carbocycles. The van der Waals surface area contributed by atoms with Crippen LogP contribution in [-0.2, 0) is 11.2 Å². The summed E-state index contributed by atoms with van der Waals surface area (Å²) in [6.45, 7) is 1.87. The second kappa shape index (κ2) is 4.30. The molecule has 0 fully saturated rings. The second-order valence-electron chi connectivity index (χ2n) is 2.45. The van der Waals surface area contributed by atoms with Gasteiger partial charge in [0, 0.05) is 4.47 Å². The van der Waals surface area contributed by atoms with Crippen LogP contribution >= 0.6 is 15.9 Å². The number of aryl methyl sites for hydroxylation is 1. The first-order chi connectivity index (χ1) is 6.19. The number of isocyanates is 1. The van der Waals surface area contributed by atoms with E-state index in [9.17, 15) is 9.18 Å². The standard InChI is InChI=1S/C9H7BrFNO/c1-2-6-3-7(11)4-8(10)9(6)12-5-13/h3-4H,2H2,1H3. The number of benzene rings is 1. The Labute approximate surface area is 83.6 Å².